The highest BCUT2D eigenvalue weighted by Gasteiger charge is 2.16. The van der Waals surface area contributed by atoms with E-state index in [2.05, 4.69) is 20.8 Å². The average Bonchev–Trinajstić information content (AvgIpc) is 3.19. The lowest BCUT2D eigenvalue weighted by Gasteiger charge is -2.09. The Hall–Kier alpha value is -3.18. The average molecular weight is 449 g/mol. The molecule has 1 heterocycles. The molecule has 2 amide bonds. The summed E-state index contributed by atoms with van der Waals surface area (Å²) < 4.78 is 24.0. The lowest BCUT2D eigenvalue weighted by atomic mass is 10.2. The number of ether oxygens (including phenoxy) is 2. The minimum Gasteiger partial charge on any atom is -0.497 e. The summed E-state index contributed by atoms with van der Waals surface area (Å²) in [6, 6.07) is 10.5. The molecule has 0 bridgehead atoms. The van der Waals surface area contributed by atoms with Crippen LogP contribution in [0.3, 0.4) is 0 Å². The maximum atomic E-state index is 13.2. The number of rotatable bonds is 8. The fourth-order valence-electron chi connectivity index (χ4n) is 2.36. The number of halogens is 1. The van der Waals surface area contributed by atoms with Crippen LogP contribution in [0.1, 0.15) is 10.4 Å². The highest BCUT2D eigenvalue weighted by atomic mass is 32.2. The van der Waals surface area contributed by atoms with Crippen LogP contribution in [0.2, 0.25) is 0 Å². The van der Waals surface area contributed by atoms with Crippen LogP contribution in [-0.2, 0) is 4.79 Å². The van der Waals surface area contributed by atoms with Gasteiger partial charge in [-0.2, -0.15) is 0 Å². The summed E-state index contributed by atoms with van der Waals surface area (Å²) in [5.74, 6) is -0.167. The van der Waals surface area contributed by atoms with E-state index in [1.165, 1.54) is 32.4 Å². The van der Waals surface area contributed by atoms with Crippen molar-refractivity contribution in [1.29, 1.82) is 0 Å². The van der Waals surface area contributed by atoms with E-state index in [-0.39, 0.29) is 16.8 Å². The van der Waals surface area contributed by atoms with Crippen molar-refractivity contribution in [2.24, 2.45) is 0 Å². The second kappa shape index (κ2) is 10.0. The second-order valence-electron chi connectivity index (χ2n) is 5.74. The molecule has 3 aromatic rings. The zero-order valence-electron chi connectivity index (χ0n) is 16.0. The first-order valence-corrected chi connectivity index (χ1v) is 10.3. The van der Waals surface area contributed by atoms with Gasteiger partial charge in [-0.15, -0.1) is 10.2 Å². The Kier molecular flexibility index (Phi) is 7.20. The van der Waals surface area contributed by atoms with E-state index in [1.807, 2.05) is 0 Å². The smallest absolute Gasteiger partial charge is 0.261 e. The molecule has 156 valence electrons. The standard InChI is InChI=1S/C19H17FN4O4S2/c1-27-13-6-7-14(15(9-13)28-2)17(26)22-18-23-24-19(30-18)29-10-16(25)21-12-5-3-4-11(20)8-12/h3-9H,10H2,1-2H3,(H,21,25)(H,22,23,26). The molecule has 0 atom stereocenters. The van der Waals surface area contributed by atoms with Gasteiger partial charge in [-0.05, 0) is 30.3 Å². The molecule has 0 saturated heterocycles. The van der Waals surface area contributed by atoms with Crippen molar-refractivity contribution in [3.05, 3.63) is 53.8 Å². The van der Waals surface area contributed by atoms with Crippen molar-refractivity contribution in [3.8, 4) is 11.5 Å². The van der Waals surface area contributed by atoms with Gasteiger partial charge in [-0.3, -0.25) is 14.9 Å². The Labute approximate surface area is 179 Å². The molecular weight excluding hydrogens is 431 g/mol. The monoisotopic (exact) mass is 448 g/mol. The molecule has 3 rings (SSSR count). The minimum atomic E-state index is -0.432. The third-order valence-corrected chi connectivity index (χ3v) is 5.69. The molecule has 1 aromatic heterocycles. The SMILES string of the molecule is COc1ccc(C(=O)Nc2nnc(SCC(=O)Nc3cccc(F)c3)s2)c(OC)c1. The number of hydrogen-bond acceptors (Lipinski definition) is 8. The van der Waals surface area contributed by atoms with Crippen molar-refractivity contribution >= 4 is 45.7 Å². The molecule has 8 nitrogen and oxygen atoms in total. The van der Waals surface area contributed by atoms with Gasteiger partial charge in [0.15, 0.2) is 4.34 Å². The quantitative estimate of drug-likeness (QED) is 0.400. The lowest BCUT2D eigenvalue weighted by molar-refractivity contribution is -0.113. The number of methoxy groups -OCH3 is 2. The second-order valence-corrected chi connectivity index (χ2v) is 7.94. The maximum Gasteiger partial charge on any atom is 0.261 e. The largest absolute Gasteiger partial charge is 0.497 e. The Bertz CT molecular complexity index is 1060. The van der Waals surface area contributed by atoms with Gasteiger partial charge < -0.3 is 14.8 Å². The highest BCUT2D eigenvalue weighted by Crippen LogP contribution is 2.28. The highest BCUT2D eigenvalue weighted by molar-refractivity contribution is 8.01. The van der Waals surface area contributed by atoms with Crippen LogP contribution in [0.15, 0.2) is 46.8 Å². The lowest BCUT2D eigenvalue weighted by Crippen LogP contribution is -2.13. The molecule has 0 unspecified atom stereocenters. The van der Waals surface area contributed by atoms with Crippen LogP contribution in [-0.4, -0.2) is 42.0 Å². The van der Waals surface area contributed by atoms with E-state index < -0.39 is 11.7 Å². The molecule has 30 heavy (non-hydrogen) atoms. The number of nitrogens with one attached hydrogen (secondary N) is 2. The molecular formula is C19H17FN4O4S2. The third-order valence-electron chi connectivity index (χ3n) is 3.72. The van der Waals surface area contributed by atoms with Gasteiger partial charge in [0.05, 0.1) is 25.5 Å². The van der Waals surface area contributed by atoms with Crippen molar-refractivity contribution in [2.75, 3.05) is 30.6 Å². The molecule has 2 aromatic carbocycles. The third kappa shape index (κ3) is 5.67. The number of anilines is 2. The molecule has 11 heteroatoms. The van der Waals surface area contributed by atoms with Crippen LogP contribution in [0.4, 0.5) is 15.2 Å². The number of carbonyl (C=O) groups excluding carboxylic acids is 2. The van der Waals surface area contributed by atoms with Crippen LogP contribution in [0, 0.1) is 5.82 Å². The van der Waals surface area contributed by atoms with Gasteiger partial charge in [0, 0.05) is 11.8 Å². The van der Waals surface area contributed by atoms with Gasteiger partial charge in [-0.1, -0.05) is 29.2 Å². The van der Waals surface area contributed by atoms with Crippen LogP contribution in [0.5, 0.6) is 11.5 Å². The van der Waals surface area contributed by atoms with Crippen molar-refractivity contribution < 1.29 is 23.5 Å². The van der Waals surface area contributed by atoms with E-state index >= 15 is 0 Å². The van der Waals surface area contributed by atoms with Gasteiger partial charge in [0.25, 0.3) is 5.91 Å². The number of hydrogen-bond donors (Lipinski definition) is 2. The topological polar surface area (TPSA) is 102 Å². The summed E-state index contributed by atoms with van der Waals surface area (Å²) in [6.07, 6.45) is 0. The van der Waals surface area contributed by atoms with Crippen LogP contribution >= 0.6 is 23.1 Å². The van der Waals surface area contributed by atoms with Crippen molar-refractivity contribution in [2.45, 2.75) is 4.34 Å². The van der Waals surface area contributed by atoms with Crippen LogP contribution < -0.4 is 20.1 Å². The Balaban J connectivity index is 1.56. The fraction of sp³-hybridized carbons (Fsp3) is 0.158. The number of aromatic nitrogens is 2. The predicted octanol–water partition coefficient (Wildman–Crippen LogP) is 3.68. The molecule has 0 aliphatic heterocycles. The van der Waals surface area contributed by atoms with E-state index in [0.717, 1.165) is 23.1 Å². The van der Waals surface area contributed by atoms with Crippen molar-refractivity contribution in [3.63, 3.8) is 0 Å². The first-order chi connectivity index (χ1) is 14.5. The summed E-state index contributed by atoms with van der Waals surface area (Å²) >= 11 is 2.29. The van der Waals surface area contributed by atoms with E-state index in [0.29, 0.717) is 27.1 Å². The van der Waals surface area contributed by atoms with E-state index in [1.54, 1.807) is 24.3 Å². The van der Waals surface area contributed by atoms with E-state index in [9.17, 15) is 14.0 Å². The van der Waals surface area contributed by atoms with Gasteiger partial charge in [-0.25, -0.2) is 4.39 Å². The molecule has 0 saturated carbocycles. The normalized spacial score (nSPS) is 10.4. The molecule has 0 aliphatic rings. The molecule has 0 aliphatic carbocycles. The fourth-order valence-corrected chi connectivity index (χ4v) is 3.91. The zero-order valence-corrected chi connectivity index (χ0v) is 17.6. The first kappa shape index (κ1) is 21.5. The van der Waals surface area contributed by atoms with Crippen LogP contribution in [0.25, 0.3) is 0 Å². The zero-order chi connectivity index (χ0) is 21.5. The number of amides is 2. The first-order valence-electron chi connectivity index (χ1n) is 8.53. The molecule has 0 radical (unpaired) electrons. The van der Waals surface area contributed by atoms with Gasteiger partial charge in [0.1, 0.15) is 17.3 Å². The van der Waals surface area contributed by atoms with Crippen molar-refractivity contribution in [1.82, 2.24) is 10.2 Å². The number of carbonyl (C=O) groups is 2. The summed E-state index contributed by atoms with van der Waals surface area (Å²) in [6.45, 7) is 0. The molecule has 2 N–H and O–H groups in total. The predicted molar refractivity (Wildman–Crippen MR) is 113 cm³/mol. The summed E-state index contributed by atoms with van der Waals surface area (Å²) in [5.41, 5.74) is 0.691. The van der Waals surface area contributed by atoms with Gasteiger partial charge >= 0.3 is 0 Å². The number of nitrogens with zero attached hydrogens (tertiary/aromatic N) is 2. The number of benzene rings is 2. The summed E-state index contributed by atoms with van der Waals surface area (Å²) in [5, 5.41) is 13.4. The molecule has 0 fully saturated rings. The minimum absolute atomic E-state index is 0.0609. The molecule has 0 spiro atoms. The Morgan fingerprint density at radius 1 is 1.10 bits per heavy atom. The summed E-state index contributed by atoms with van der Waals surface area (Å²) in [7, 11) is 2.98. The Morgan fingerprint density at radius 3 is 2.67 bits per heavy atom. The number of thioether (sulfide) groups is 1. The van der Waals surface area contributed by atoms with E-state index in [4.69, 9.17) is 9.47 Å². The summed E-state index contributed by atoms with van der Waals surface area (Å²) in [4.78, 5) is 24.5. The van der Waals surface area contributed by atoms with Gasteiger partial charge in [0.2, 0.25) is 11.0 Å². The maximum absolute atomic E-state index is 13.2. The Morgan fingerprint density at radius 2 is 1.93 bits per heavy atom.